The summed E-state index contributed by atoms with van der Waals surface area (Å²) in [4.78, 5) is 36.8. The summed E-state index contributed by atoms with van der Waals surface area (Å²) in [6.45, 7) is 1.34. The molecule has 0 aliphatic carbocycles. The number of ether oxygens (including phenoxy) is 1. The van der Waals surface area contributed by atoms with Gasteiger partial charge in [-0.1, -0.05) is 0 Å². The van der Waals surface area contributed by atoms with Crippen LogP contribution < -0.4 is 22.2 Å². The first-order chi connectivity index (χ1) is 18.5. The number of hydrogen-bond acceptors (Lipinski definition) is 10. The quantitative estimate of drug-likeness (QED) is 0.155. The normalized spacial score (nSPS) is 12.5. The van der Waals surface area contributed by atoms with Gasteiger partial charge < -0.3 is 15.8 Å². The van der Waals surface area contributed by atoms with Gasteiger partial charge in [0.25, 0.3) is 5.91 Å². The van der Waals surface area contributed by atoms with Crippen molar-refractivity contribution in [3.05, 3.63) is 83.5 Å². The summed E-state index contributed by atoms with van der Waals surface area (Å²) >= 11 is 0. The number of nitrogens with zero attached hydrogens (tertiary/aromatic N) is 6. The molecule has 2 amide bonds. The van der Waals surface area contributed by atoms with Crippen molar-refractivity contribution in [1.29, 1.82) is 0 Å². The summed E-state index contributed by atoms with van der Waals surface area (Å²) in [7, 11) is 3.15. The Kier molecular flexibility index (Phi) is 7.62. The Balaban J connectivity index is 1.46. The summed E-state index contributed by atoms with van der Waals surface area (Å²) in [6.07, 6.45) is 2.90. The number of carbonyl (C=O) groups is 2. The minimum Gasteiger partial charge on any atom is -0.441 e. The minimum absolute atomic E-state index is 0.0352. The monoisotopic (exact) mass is 538 g/mol. The molecule has 0 radical (unpaired) electrons. The van der Waals surface area contributed by atoms with Crippen LogP contribution in [0.4, 0.5) is 19.3 Å². The molecule has 202 valence electrons. The van der Waals surface area contributed by atoms with Crippen molar-refractivity contribution in [3.63, 3.8) is 0 Å². The minimum atomic E-state index is -1.17. The van der Waals surface area contributed by atoms with Gasteiger partial charge in [-0.2, -0.15) is 9.49 Å². The molecule has 4 rings (SSSR count). The third kappa shape index (κ3) is 6.04. The van der Waals surface area contributed by atoms with Gasteiger partial charge in [0.2, 0.25) is 5.95 Å². The number of amides is 2. The summed E-state index contributed by atoms with van der Waals surface area (Å²) < 4.78 is 34.1. The van der Waals surface area contributed by atoms with Crippen LogP contribution >= 0.6 is 0 Å². The molecule has 0 aliphatic heterocycles. The van der Waals surface area contributed by atoms with E-state index in [4.69, 9.17) is 16.3 Å². The highest BCUT2D eigenvalue weighted by atomic mass is 19.1. The van der Waals surface area contributed by atoms with E-state index in [-0.39, 0.29) is 22.8 Å². The third-order valence-corrected chi connectivity index (χ3v) is 5.54. The Morgan fingerprint density at radius 3 is 2.56 bits per heavy atom. The lowest BCUT2D eigenvalue weighted by molar-refractivity contribution is 0.102. The van der Waals surface area contributed by atoms with Gasteiger partial charge in [0.15, 0.2) is 5.82 Å². The van der Waals surface area contributed by atoms with Crippen molar-refractivity contribution in [2.75, 3.05) is 12.4 Å². The van der Waals surface area contributed by atoms with Crippen LogP contribution in [-0.2, 0) is 11.8 Å². The van der Waals surface area contributed by atoms with Gasteiger partial charge in [0.1, 0.15) is 23.1 Å². The van der Waals surface area contributed by atoms with Gasteiger partial charge in [-0.3, -0.25) is 29.8 Å². The second-order valence-electron chi connectivity index (χ2n) is 8.36. The Morgan fingerprint density at radius 2 is 1.87 bits per heavy atom. The van der Waals surface area contributed by atoms with E-state index in [9.17, 15) is 18.4 Å². The van der Waals surface area contributed by atoms with Crippen LogP contribution in [0.15, 0.2) is 54.9 Å². The van der Waals surface area contributed by atoms with Gasteiger partial charge in [0.05, 0.1) is 46.6 Å². The second-order valence-corrected chi connectivity index (χ2v) is 8.36. The number of fused-ring (bicyclic) bond motifs is 1. The molecule has 4 aromatic rings. The highest BCUT2D eigenvalue weighted by Crippen LogP contribution is 2.21. The number of hydrogen-bond donors (Lipinski definition) is 4. The first-order valence-electron chi connectivity index (χ1n) is 11.4. The molecule has 0 saturated heterocycles. The Hall–Kier alpha value is -5.18. The van der Waals surface area contributed by atoms with Crippen molar-refractivity contribution in [3.8, 4) is 0 Å². The molecule has 15 heteroatoms. The molecule has 0 aliphatic rings. The summed E-state index contributed by atoms with van der Waals surface area (Å²) in [5.74, 6) is 3.57. The molecule has 6 N–H and O–H groups in total. The molecule has 0 bridgehead atoms. The number of aromatic nitrogens is 5. The number of hydrazine groups is 1. The highest BCUT2D eigenvalue weighted by Gasteiger charge is 2.20. The molecule has 0 saturated carbocycles. The second kappa shape index (κ2) is 11.1. The van der Waals surface area contributed by atoms with Crippen LogP contribution in [-0.4, -0.2) is 48.8 Å². The Labute approximate surface area is 220 Å². The topological polar surface area (TPSA) is 179 Å². The van der Waals surface area contributed by atoms with E-state index < -0.39 is 29.9 Å². The fraction of sp³-hybridized carbons (Fsp3) is 0.167. The zero-order valence-electron chi connectivity index (χ0n) is 21.0. The maximum absolute atomic E-state index is 13.9. The SMILES string of the molecule is C[C@@H](OC(=O)N/C(=C(/N)c1ccc(NC(=O)c2cnc3cnn(C)c3c2)cn1)N(C)N)c1cc(F)cnc1F. The van der Waals surface area contributed by atoms with Crippen molar-refractivity contribution in [1.82, 2.24) is 35.1 Å². The molecule has 4 aromatic heterocycles. The molecular weight excluding hydrogens is 514 g/mol. The maximum atomic E-state index is 13.9. The lowest BCUT2D eigenvalue weighted by Gasteiger charge is -2.21. The summed E-state index contributed by atoms with van der Waals surface area (Å²) in [5.41, 5.74) is 8.16. The lowest BCUT2D eigenvalue weighted by Crippen LogP contribution is -2.39. The molecule has 1 atom stereocenters. The van der Waals surface area contributed by atoms with Crippen LogP contribution in [0.3, 0.4) is 0 Å². The molecular formula is C24H24F2N10O3. The molecule has 0 unspecified atom stereocenters. The van der Waals surface area contributed by atoms with Gasteiger partial charge in [0, 0.05) is 20.3 Å². The lowest BCUT2D eigenvalue weighted by atomic mass is 10.2. The van der Waals surface area contributed by atoms with Crippen LogP contribution in [0.1, 0.15) is 34.6 Å². The first-order valence-corrected chi connectivity index (χ1v) is 11.4. The first kappa shape index (κ1) is 26.9. The number of anilines is 1. The number of rotatable bonds is 7. The van der Waals surface area contributed by atoms with E-state index in [1.54, 1.807) is 30.1 Å². The van der Waals surface area contributed by atoms with Gasteiger partial charge in [-0.05, 0) is 31.2 Å². The molecule has 0 spiro atoms. The van der Waals surface area contributed by atoms with E-state index in [0.29, 0.717) is 28.5 Å². The third-order valence-electron chi connectivity index (χ3n) is 5.54. The van der Waals surface area contributed by atoms with Crippen molar-refractivity contribution in [2.45, 2.75) is 13.0 Å². The molecule has 39 heavy (non-hydrogen) atoms. The average Bonchev–Trinajstić information content (AvgIpc) is 3.28. The number of alkyl carbamates (subject to hydrolysis) is 1. The van der Waals surface area contributed by atoms with E-state index in [1.165, 1.54) is 32.4 Å². The predicted octanol–water partition coefficient (Wildman–Crippen LogP) is 2.17. The Bertz CT molecular complexity index is 1570. The Morgan fingerprint density at radius 1 is 1.10 bits per heavy atom. The van der Waals surface area contributed by atoms with Crippen LogP contribution in [0.2, 0.25) is 0 Å². The zero-order valence-corrected chi connectivity index (χ0v) is 21.0. The summed E-state index contributed by atoms with van der Waals surface area (Å²) in [6, 6.07) is 5.59. The molecule has 0 aromatic carbocycles. The van der Waals surface area contributed by atoms with Gasteiger partial charge >= 0.3 is 6.09 Å². The van der Waals surface area contributed by atoms with Crippen molar-refractivity contribution in [2.24, 2.45) is 18.6 Å². The largest absolute Gasteiger partial charge is 0.441 e. The number of nitrogens with one attached hydrogen (secondary N) is 2. The van der Waals surface area contributed by atoms with E-state index >= 15 is 0 Å². The molecule has 4 heterocycles. The zero-order chi connectivity index (χ0) is 28.3. The summed E-state index contributed by atoms with van der Waals surface area (Å²) in [5, 5.41) is 10.2. The molecule has 13 nitrogen and oxygen atoms in total. The van der Waals surface area contributed by atoms with E-state index in [2.05, 4.69) is 30.7 Å². The fourth-order valence-corrected chi connectivity index (χ4v) is 3.52. The van der Waals surface area contributed by atoms with E-state index in [0.717, 1.165) is 11.1 Å². The van der Waals surface area contributed by atoms with E-state index in [1.807, 2.05) is 0 Å². The van der Waals surface area contributed by atoms with Crippen LogP contribution in [0.5, 0.6) is 0 Å². The smallest absolute Gasteiger partial charge is 0.413 e. The maximum Gasteiger partial charge on any atom is 0.413 e. The highest BCUT2D eigenvalue weighted by molar-refractivity contribution is 6.05. The number of halogens is 2. The number of nitrogens with two attached hydrogens (primary N) is 2. The van der Waals surface area contributed by atoms with Crippen molar-refractivity contribution < 1.29 is 23.1 Å². The number of carbonyl (C=O) groups excluding carboxylic acids is 2. The van der Waals surface area contributed by atoms with Crippen molar-refractivity contribution >= 4 is 34.4 Å². The standard InChI is InChI=1S/C24H24F2N10O3/c1-12(16-7-14(25)9-31-21(16)26)39-24(38)34-22(35(2)28)20(27)17-5-4-15(10-30-17)33-23(37)13-6-19-18(29-8-13)11-32-36(19)3/h4-12H,27-28H2,1-3H3,(H,33,37)(H,34,38)/b22-20-/t12-/m1/s1. The van der Waals surface area contributed by atoms with Gasteiger partial charge in [-0.15, -0.1) is 0 Å². The molecule has 0 fully saturated rings. The number of pyridine rings is 3. The predicted molar refractivity (Wildman–Crippen MR) is 136 cm³/mol. The number of aryl methyl sites for hydroxylation is 1. The fourth-order valence-electron chi connectivity index (χ4n) is 3.52. The van der Waals surface area contributed by atoms with Gasteiger partial charge in [-0.25, -0.2) is 20.0 Å². The average molecular weight is 539 g/mol. The van der Waals surface area contributed by atoms with Crippen LogP contribution in [0, 0.1) is 11.8 Å². The van der Waals surface area contributed by atoms with Crippen LogP contribution in [0.25, 0.3) is 16.7 Å².